The molecule has 100 valence electrons. The second-order valence-electron chi connectivity index (χ2n) is 3.98. The molecule has 0 atom stereocenters. The van der Waals surface area contributed by atoms with Crippen LogP contribution in [0.3, 0.4) is 0 Å². The molecule has 0 aromatic carbocycles. The molecule has 0 saturated carbocycles. The molecule has 1 amide bonds. The number of hydrogen-bond acceptors (Lipinski definition) is 5. The molecule has 0 fully saturated rings. The summed E-state index contributed by atoms with van der Waals surface area (Å²) in [5.74, 6) is 0.0282. The number of rotatable bonds is 4. The van der Waals surface area contributed by atoms with Gasteiger partial charge in [-0.25, -0.2) is 9.78 Å². The van der Waals surface area contributed by atoms with Crippen molar-refractivity contribution in [3.8, 4) is 0 Å². The van der Waals surface area contributed by atoms with Crippen molar-refractivity contribution in [1.82, 2.24) is 14.5 Å². The molecule has 0 bridgehead atoms. The minimum Gasteiger partial charge on any atom is -0.464 e. The van der Waals surface area contributed by atoms with Gasteiger partial charge in [-0.05, 0) is 0 Å². The van der Waals surface area contributed by atoms with Crippen molar-refractivity contribution < 1.29 is 14.3 Å². The lowest BCUT2D eigenvalue weighted by atomic mass is 10.4. The van der Waals surface area contributed by atoms with Crippen molar-refractivity contribution in [2.24, 2.45) is 0 Å². The van der Waals surface area contributed by atoms with E-state index in [2.05, 4.69) is 9.72 Å². The van der Waals surface area contributed by atoms with E-state index in [0.29, 0.717) is 12.2 Å². The number of amides is 1. The minimum absolute atomic E-state index is 0.0564. The Labute approximate surface area is 106 Å². The molecule has 0 aliphatic carbocycles. The van der Waals surface area contributed by atoms with Crippen LogP contribution in [0.25, 0.3) is 0 Å². The van der Waals surface area contributed by atoms with Crippen molar-refractivity contribution in [3.63, 3.8) is 0 Å². The van der Waals surface area contributed by atoms with Crippen LogP contribution < -0.4 is 5.73 Å². The number of imidazole rings is 1. The molecule has 0 radical (unpaired) electrons. The van der Waals surface area contributed by atoms with Crippen molar-refractivity contribution in [2.75, 3.05) is 26.9 Å². The van der Waals surface area contributed by atoms with Gasteiger partial charge in [0.1, 0.15) is 18.2 Å². The maximum atomic E-state index is 11.7. The van der Waals surface area contributed by atoms with Gasteiger partial charge in [-0.3, -0.25) is 4.79 Å². The van der Waals surface area contributed by atoms with Gasteiger partial charge in [0.05, 0.1) is 7.11 Å². The van der Waals surface area contributed by atoms with Crippen molar-refractivity contribution >= 4 is 17.7 Å². The van der Waals surface area contributed by atoms with Crippen LogP contribution in [0.1, 0.15) is 23.2 Å². The smallest absolute Gasteiger partial charge is 0.360 e. The summed E-state index contributed by atoms with van der Waals surface area (Å²) in [5, 5.41) is 0. The van der Waals surface area contributed by atoms with Gasteiger partial charge in [-0.1, -0.05) is 6.92 Å². The number of aryl methyl sites for hydroxylation is 1. The Kier molecular flexibility index (Phi) is 4.30. The fourth-order valence-electron chi connectivity index (χ4n) is 1.48. The SMILES string of the molecule is CCc1nc(C(=O)OC)c(N)n1CC(=O)N(C)C. The molecule has 0 saturated heterocycles. The molecule has 0 spiro atoms. The quantitative estimate of drug-likeness (QED) is 0.758. The predicted molar refractivity (Wildman–Crippen MR) is 66.1 cm³/mol. The van der Waals surface area contributed by atoms with E-state index in [9.17, 15) is 9.59 Å². The number of carbonyl (C=O) groups excluding carboxylic acids is 2. The van der Waals surface area contributed by atoms with E-state index >= 15 is 0 Å². The standard InChI is InChI=1S/C11H18N4O3/c1-5-7-13-9(11(17)18-4)10(12)15(7)6-8(16)14(2)3/h5-6,12H2,1-4H3. The van der Waals surface area contributed by atoms with Gasteiger partial charge in [0.15, 0.2) is 5.69 Å². The molecule has 1 rings (SSSR count). The van der Waals surface area contributed by atoms with Gasteiger partial charge in [-0.15, -0.1) is 0 Å². The Morgan fingerprint density at radius 2 is 2.06 bits per heavy atom. The zero-order chi connectivity index (χ0) is 13.9. The third kappa shape index (κ3) is 2.61. The Balaban J connectivity index is 3.14. The van der Waals surface area contributed by atoms with E-state index in [1.165, 1.54) is 16.6 Å². The highest BCUT2D eigenvalue weighted by Gasteiger charge is 2.21. The first-order valence-corrected chi connectivity index (χ1v) is 5.55. The molecule has 0 aliphatic rings. The molecule has 0 unspecified atom stereocenters. The molecular formula is C11H18N4O3. The molecule has 7 heteroatoms. The van der Waals surface area contributed by atoms with E-state index < -0.39 is 5.97 Å². The van der Waals surface area contributed by atoms with E-state index in [-0.39, 0.29) is 24.0 Å². The van der Waals surface area contributed by atoms with Crippen LogP contribution in [-0.4, -0.2) is 47.5 Å². The molecule has 0 aliphatic heterocycles. The first-order valence-electron chi connectivity index (χ1n) is 5.55. The van der Waals surface area contributed by atoms with Crippen molar-refractivity contribution in [2.45, 2.75) is 19.9 Å². The Morgan fingerprint density at radius 3 is 2.50 bits per heavy atom. The molecular weight excluding hydrogens is 236 g/mol. The summed E-state index contributed by atoms with van der Waals surface area (Å²) in [6.07, 6.45) is 0.571. The van der Waals surface area contributed by atoms with Crippen molar-refractivity contribution in [3.05, 3.63) is 11.5 Å². The number of hydrogen-bond donors (Lipinski definition) is 1. The first kappa shape index (κ1) is 14.0. The van der Waals surface area contributed by atoms with Crippen LogP contribution >= 0.6 is 0 Å². The van der Waals surface area contributed by atoms with Crippen molar-refractivity contribution in [1.29, 1.82) is 0 Å². The summed E-state index contributed by atoms with van der Waals surface area (Å²) in [6.45, 7) is 1.94. The normalized spacial score (nSPS) is 10.2. The van der Waals surface area contributed by atoms with Gasteiger partial charge in [0.2, 0.25) is 5.91 Å². The summed E-state index contributed by atoms with van der Waals surface area (Å²) in [7, 11) is 4.57. The highest BCUT2D eigenvalue weighted by molar-refractivity contribution is 5.92. The molecule has 2 N–H and O–H groups in total. The predicted octanol–water partition coefficient (Wildman–Crippen LogP) is -0.0975. The number of methoxy groups -OCH3 is 1. The van der Waals surface area contributed by atoms with Crippen LogP contribution in [0.15, 0.2) is 0 Å². The van der Waals surface area contributed by atoms with E-state index in [1.807, 2.05) is 6.92 Å². The maximum absolute atomic E-state index is 11.7. The number of ether oxygens (including phenoxy) is 1. The molecule has 7 nitrogen and oxygen atoms in total. The Morgan fingerprint density at radius 1 is 1.44 bits per heavy atom. The topological polar surface area (TPSA) is 90.4 Å². The second-order valence-corrected chi connectivity index (χ2v) is 3.98. The monoisotopic (exact) mass is 254 g/mol. The number of nitrogens with zero attached hydrogens (tertiary/aromatic N) is 3. The van der Waals surface area contributed by atoms with E-state index in [4.69, 9.17) is 5.73 Å². The first-order chi connectivity index (χ1) is 8.42. The fraction of sp³-hybridized carbons (Fsp3) is 0.545. The lowest BCUT2D eigenvalue weighted by Gasteiger charge is -2.13. The maximum Gasteiger partial charge on any atom is 0.360 e. The lowest BCUT2D eigenvalue weighted by molar-refractivity contribution is -0.129. The summed E-state index contributed by atoms with van der Waals surface area (Å²) in [5.41, 5.74) is 5.89. The highest BCUT2D eigenvalue weighted by Crippen LogP contribution is 2.16. The number of anilines is 1. The average molecular weight is 254 g/mol. The molecule has 1 aromatic rings. The van der Waals surface area contributed by atoms with Crippen LogP contribution in [-0.2, 0) is 22.5 Å². The van der Waals surface area contributed by atoms with E-state index in [0.717, 1.165) is 0 Å². The lowest BCUT2D eigenvalue weighted by Crippen LogP contribution is -2.27. The van der Waals surface area contributed by atoms with Gasteiger partial charge >= 0.3 is 5.97 Å². The van der Waals surface area contributed by atoms with Gasteiger partial charge < -0.3 is 19.9 Å². The number of carbonyl (C=O) groups is 2. The molecule has 18 heavy (non-hydrogen) atoms. The molecule has 1 heterocycles. The number of likely N-dealkylation sites (N-methyl/N-ethyl adjacent to an activating group) is 1. The van der Waals surface area contributed by atoms with E-state index in [1.54, 1.807) is 14.1 Å². The zero-order valence-corrected chi connectivity index (χ0v) is 11.1. The number of nitrogens with two attached hydrogens (primary N) is 1. The zero-order valence-electron chi connectivity index (χ0n) is 11.1. The minimum atomic E-state index is -0.599. The summed E-state index contributed by atoms with van der Waals surface area (Å²) >= 11 is 0. The molecule has 1 aromatic heterocycles. The number of esters is 1. The largest absolute Gasteiger partial charge is 0.464 e. The second kappa shape index (κ2) is 5.52. The number of nitrogen functional groups attached to an aromatic ring is 1. The third-order valence-corrected chi connectivity index (χ3v) is 2.57. The average Bonchev–Trinajstić information content (AvgIpc) is 2.65. The highest BCUT2D eigenvalue weighted by atomic mass is 16.5. The van der Waals surface area contributed by atoms with Gasteiger partial charge in [0, 0.05) is 20.5 Å². The third-order valence-electron chi connectivity index (χ3n) is 2.57. The summed E-state index contributed by atoms with van der Waals surface area (Å²) < 4.78 is 6.13. The van der Waals surface area contributed by atoms with Crippen LogP contribution in [0.5, 0.6) is 0 Å². The van der Waals surface area contributed by atoms with Crippen LogP contribution in [0, 0.1) is 0 Å². The fourth-order valence-corrected chi connectivity index (χ4v) is 1.48. The number of aromatic nitrogens is 2. The van der Waals surface area contributed by atoms with Crippen LogP contribution in [0.4, 0.5) is 5.82 Å². The van der Waals surface area contributed by atoms with Crippen LogP contribution in [0.2, 0.25) is 0 Å². The van der Waals surface area contributed by atoms with Gasteiger partial charge in [0.25, 0.3) is 0 Å². The van der Waals surface area contributed by atoms with Gasteiger partial charge in [-0.2, -0.15) is 0 Å². The summed E-state index contributed by atoms with van der Waals surface area (Å²) in [6, 6.07) is 0. The Bertz CT molecular complexity index is 465. The summed E-state index contributed by atoms with van der Waals surface area (Å²) in [4.78, 5) is 28.7. The Hall–Kier alpha value is -2.05.